The predicted molar refractivity (Wildman–Crippen MR) is 126 cm³/mol. The zero-order valence-corrected chi connectivity index (χ0v) is 18.5. The monoisotopic (exact) mass is 473 g/mol. The van der Waals surface area contributed by atoms with E-state index in [-0.39, 0.29) is 41.3 Å². The molecule has 0 saturated carbocycles. The van der Waals surface area contributed by atoms with Crippen molar-refractivity contribution >= 4 is 39.9 Å². The first kappa shape index (κ1) is 21.9. The van der Waals surface area contributed by atoms with Crippen molar-refractivity contribution in [1.29, 1.82) is 0 Å². The van der Waals surface area contributed by atoms with Crippen LogP contribution in [0, 0.1) is 10.1 Å². The molecule has 0 spiro atoms. The highest BCUT2D eigenvalue weighted by Gasteiger charge is 2.30. The van der Waals surface area contributed by atoms with Gasteiger partial charge in [-0.15, -0.1) is 0 Å². The van der Waals surface area contributed by atoms with Gasteiger partial charge in [-0.25, -0.2) is 9.67 Å². The van der Waals surface area contributed by atoms with Crippen molar-refractivity contribution in [3.63, 3.8) is 0 Å². The summed E-state index contributed by atoms with van der Waals surface area (Å²) < 4.78 is 2.39. The number of fused-ring (bicyclic) bond motifs is 2. The molecule has 0 fully saturated rings. The molecule has 12 nitrogen and oxygen atoms in total. The summed E-state index contributed by atoms with van der Waals surface area (Å²) in [6, 6.07) is 12.5. The van der Waals surface area contributed by atoms with E-state index in [1.165, 1.54) is 40.3 Å². The van der Waals surface area contributed by atoms with Crippen molar-refractivity contribution in [2.45, 2.75) is 25.9 Å². The first-order valence-corrected chi connectivity index (χ1v) is 10.7. The van der Waals surface area contributed by atoms with E-state index in [2.05, 4.69) is 15.4 Å². The van der Waals surface area contributed by atoms with Gasteiger partial charge < -0.3 is 10.2 Å². The quantitative estimate of drug-likeness (QED) is 0.353. The van der Waals surface area contributed by atoms with Crippen molar-refractivity contribution in [2.24, 2.45) is 0 Å². The summed E-state index contributed by atoms with van der Waals surface area (Å²) in [5, 5.41) is 18.5. The maximum Gasteiger partial charge on any atom is 0.294 e. The van der Waals surface area contributed by atoms with Gasteiger partial charge >= 0.3 is 0 Å². The highest BCUT2D eigenvalue weighted by Crippen LogP contribution is 2.31. The largest absolute Gasteiger partial charge is 0.324 e. The molecular weight excluding hydrogens is 454 g/mol. The number of carbonyl (C=O) groups is 2. The number of para-hydroxylation sites is 4. The zero-order valence-electron chi connectivity index (χ0n) is 18.5. The van der Waals surface area contributed by atoms with Crippen LogP contribution >= 0.6 is 0 Å². The fraction of sp³-hybridized carbons (Fsp3) is 0.174. The molecule has 0 aliphatic carbocycles. The average Bonchev–Trinajstić information content (AvgIpc) is 3.21. The van der Waals surface area contributed by atoms with Crippen LogP contribution < -0.4 is 15.8 Å². The van der Waals surface area contributed by atoms with E-state index >= 15 is 0 Å². The van der Waals surface area contributed by atoms with Gasteiger partial charge in [0.15, 0.2) is 5.65 Å². The van der Waals surface area contributed by atoms with Crippen LogP contribution in [0.3, 0.4) is 0 Å². The summed E-state index contributed by atoms with van der Waals surface area (Å²) in [6.07, 6.45) is 2.59. The Morgan fingerprint density at radius 2 is 1.86 bits per heavy atom. The van der Waals surface area contributed by atoms with E-state index < -0.39 is 22.4 Å². The first-order valence-electron chi connectivity index (χ1n) is 10.7. The number of rotatable bonds is 4. The SMILES string of the molecule is CC1CC(=O)Nc2ccccc2N1C(=O)Cn1cnc2c(cnn2-c2ccccc2[N+](=O)[O-])c1=O. The highest BCUT2D eigenvalue weighted by molar-refractivity contribution is 6.04. The van der Waals surface area contributed by atoms with Crippen LogP contribution in [-0.2, 0) is 16.1 Å². The lowest BCUT2D eigenvalue weighted by atomic mass is 10.1. The van der Waals surface area contributed by atoms with Gasteiger partial charge in [0.05, 0.1) is 22.5 Å². The van der Waals surface area contributed by atoms with Crippen molar-refractivity contribution < 1.29 is 14.5 Å². The molecule has 1 aliphatic heterocycles. The summed E-state index contributed by atoms with van der Waals surface area (Å²) in [6.45, 7) is 1.45. The number of nitrogens with zero attached hydrogens (tertiary/aromatic N) is 6. The maximum atomic E-state index is 13.3. The molecule has 4 aromatic rings. The van der Waals surface area contributed by atoms with Crippen LogP contribution in [0.25, 0.3) is 16.7 Å². The Kier molecular flexibility index (Phi) is 5.32. The zero-order chi connectivity index (χ0) is 24.7. The average molecular weight is 473 g/mol. The fourth-order valence-corrected chi connectivity index (χ4v) is 4.22. The number of amides is 2. The normalized spacial score (nSPS) is 15.4. The second kappa shape index (κ2) is 8.48. The highest BCUT2D eigenvalue weighted by atomic mass is 16.6. The Morgan fingerprint density at radius 3 is 2.63 bits per heavy atom. The molecule has 176 valence electrons. The number of hydrogen-bond donors (Lipinski definition) is 1. The number of carbonyl (C=O) groups excluding carboxylic acids is 2. The lowest BCUT2D eigenvalue weighted by Crippen LogP contribution is -2.42. The molecule has 2 amide bonds. The third-order valence-corrected chi connectivity index (χ3v) is 5.79. The van der Waals surface area contributed by atoms with E-state index in [1.807, 2.05) is 0 Å². The summed E-state index contributed by atoms with van der Waals surface area (Å²) in [5.74, 6) is -0.598. The van der Waals surface area contributed by atoms with Crippen molar-refractivity contribution in [2.75, 3.05) is 10.2 Å². The first-order chi connectivity index (χ1) is 16.8. The molecule has 1 aliphatic rings. The Labute approximate surface area is 197 Å². The molecule has 0 radical (unpaired) electrons. The third-order valence-electron chi connectivity index (χ3n) is 5.79. The molecule has 2 aromatic carbocycles. The van der Waals surface area contributed by atoms with Crippen molar-refractivity contribution in [3.8, 4) is 5.69 Å². The number of aromatic nitrogens is 4. The van der Waals surface area contributed by atoms with Crippen molar-refractivity contribution in [3.05, 3.63) is 81.5 Å². The Bertz CT molecular complexity index is 1560. The summed E-state index contributed by atoms with van der Waals surface area (Å²) in [7, 11) is 0. The standard InChI is InChI=1S/C23H19N7O5/c1-14-10-20(31)26-16-6-2-3-7-17(16)28(14)21(32)12-27-13-24-22-15(23(27)33)11-25-29(22)18-8-4-5-9-19(18)30(34)35/h2-9,11,13-14H,10,12H2,1H3,(H,26,31). The van der Waals surface area contributed by atoms with E-state index in [0.29, 0.717) is 11.4 Å². The number of nitro benzene ring substituents is 1. The maximum absolute atomic E-state index is 13.3. The Morgan fingerprint density at radius 1 is 1.14 bits per heavy atom. The van der Waals surface area contributed by atoms with Gasteiger partial charge in [-0.05, 0) is 25.1 Å². The second-order valence-electron chi connectivity index (χ2n) is 8.10. The lowest BCUT2D eigenvalue weighted by Gasteiger charge is -2.28. The van der Waals surface area contributed by atoms with Crippen LogP contribution in [0.5, 0.6) is 0 Å². The molecule has 35 heavy (non-hydrogen) atoms. The van der Waals surface area contributed by atoms with Gasteiger partial charge in [-0.2, -0.15) is 5.10 Å². The molecule has 5 rings (SSSR count). The molecule has 0 saturated heterocycles. The van der Waals surface area contributed by atoms with Gasteiger partial charge in [0.1, 0.15) is 23.9 Å². The molecule has 1 N–H and O–H groups in total. The van der Waals surface area contributed by atoms with Crippen LogP contribution in [0.1, 0.15) is 13.3 Å². The molecule has 12 heteroatoms. The summed E-state index contributed by atoms with van der Waals surface area (Å²) in [4.78, 5) is 55.3. The number of nitro groups is 1. The number of hydrogen-bond acceptors (Lipinski definition) is 7. The molecule has 1 atom stereocenters. The van der Waals surface area contributed by atoms with E-state index in [4.69, 9.17) is 0 Å². The van der Waals surface area contributed by atoms with Gasteiger partial charge in [0.25, 0.3) is 11.2 Å². The summed E-state index contributed by atoms with van der Waals surface area (Å²) in [5.41, 5.74) is 0.662. The van der Waals surface area contributed by atoms with E-state index in [0.717, 1.165) is 4.57 Å². The van der Waals surface area contributed by atoms with E-state index in [9.17, 15) is 24.5 Å². The van der Waals surface area contributed by atoms with Crippen LogP contribution in [-0.4, -0.2) is 42.1 Å². The molecule has 1 unspecified atom stereocenters. The predicted octanol–water partition coefficient (Wildman–Crippen LogP) is 2.25. The van der Waals surface area contributed by atoms with Gasteiger partial charge in [0, 0.05) is 18.5 Å². The Hall–Kier alpha value is -4.87. The topological polar surface area (TPSA) is 145 Å². The van der Waals surface area contributed by atoms with Gasteiger partial charge in [-0.3, -0.25) is 29.1 Å². The fourth-order valence-electron chi connectivity index (χ4n) is 4.22. The van der Waals surface area contributed by atoms with Gasteiger partial charge in [-0.1, -0.05) is 24.3 Å². The smallest absolute Gasteiger partial charge is 0.294 e. The minimum Gasteiger partial charge on any atom is -0.324 e. The molecule has 3 heterocycles. The second-order valence-corrected chi connectivity index (χ2v) is 8.10. The van der Waals surface area contributed by atoms with Crippen molar-refractivity contribution in [1.82, 2.24) is 19.3 Å². The molecule has 2 aromatic heterocycles. The van der Waals surface area contributed by atoms with Crippen LogP contribution in [0.15, 0.2) is 65.8 Å². The molecular formula is C23H19N7O5. The minimum atomic E-state index is -0.539. The van der Waals surface area contributed by atoms with Gasteiger partial charge in [0.2, 0.25) is 11.8 Å². The van der Waals surface area contributed by atoms with Crippen LogP contribution in [0.2, 0.25) is 0 Å². The summed E-state index contributed by atoms with van der Waals surface area (Å²) >= 11 is 0. The number of anilines is 2. The van der Waals surface area contributed by atoms with E-state index in [1.54, 1.807) is 37.3 Å². The third kappa shape index (κ3) is 3.80. The number of benzene rings is 2. The van der Waals surface area contributed by atoms with Crippen LogP contribution in [0.4, 0.5) is 17.1 Å². The minimum absolute atomic E-state index is 0.106. The number of nitrogens with one attached hydrogen (secondary N) is 1. The lowest BCUT2D eigenvalue weighted by molar-refractivity contribution is -0.384. The molecule has 0 bridgehead atoms. The Balaban J connectivity index is 1.51.